The van der Waals surface area contributed by atoms with Crippen LogP contribution in [0.3, 0.4) is 0 Å². The number of aryl methyl sites for hydroxylation is 1. The minimum atomic E-state index is -0.174. The first kappa shape index (κ1) is 17.9. The monoisotopic (exact) mass is 327 g/mol. The van der Waals surface area contributed by atoms with Crippen LogP contribution >= 0.6 is 0 Å². The number of nitrogens with one attached hydrogen (secondary N) is 1. The van der Waals surface area contributed by atoms with Gasteiger partial charge in [0.25, 0.3) is 5.56 Å². The summed E-state index contributed by atoms with van der Waals surface area (Å²) in [4.78, 5) is 25.9. The lowest BCUT2D eigenvalue weighted by atomic mass is 10.0. The summed E-state index contributed by atoms with van der Waals surface area (Å²) in [5.74, 6) is -0.166. The van der Waals surface area contributed by atoms with Gasteiger partial charge in [-0.05, 0) is 37.7 Å². The molecule has 2 aromatic rings. The number of rotatable bonds is 7. The fraction of sp³-hybridized carbons (Fsp3) is 0.368. The molecule has 0 aliphatic carbocycles. The van der Waals surface area contributed by atoms with Crippen molar-refractivity contribution in [3.05, 3.63) is 70.1 Å². The summed E-state index contributed by atoms with van der Waals surface area (Å²) in [6, 6.07) is 13.4. The number of carbonyl (C=O) groups is 1. The van der Waals surface area contributed by atoms with E-state index in [1.54, 1.807) is 18.3 Å². The number of pyridine rings is 1. The summed E-state index contributed by atoms with van der Waals surface area (Å²) in [6.07, 6.45) is 2.63. The maximum absolute atomic E-state index is 12.1. The number of nitrogens with zero attached hydrogens (tertiary/aromatic N) is 2. The molecule has 2 rings (SSSR count). The van der Waals surface area contributed by atoms with E-state index in [-0.39, 0.29) is 24.1 Å². The average Bonchev–Trinajstić information content (AvgIpc) is 2.57. The number of hydrogen-bond donors (Lipinski definition) is 1. The quantitative estimate of drug-likeness (QED) is 0.844. The molecule has 1 aromatic heterocycles. The van der Waals surface area contributed by atoms with E-state index >= 15 is 0 Å². The Balaban J connectivity index is 1.99. The summed E-state index contributed by atoms with van der Waals surface area (Å²) in [7, 11) is 3.98. The maximum atomic E-state index is 12.1. The SMILES string of the molecule is CCc1ccc(C(CNC(=O)Cn2ccccc2=O)N(C)C)cc1. The number of benzene rings is 1. The fourth-order valence-electron chi connectivity index (χ4n) is 2.59. The van der Waals surface area contributed by atoms with Gasteiger partial charge >= 0.3 is 0 Å². The highest BCUT2D eigenvalue weighted by Crippen LogP contribution is 2.18. The standard InChI is InChI=1S/C19H25N3O2/c1-4-15-8-10-16(11-9-15)17(21(2)3)13-20-18(23)14-22-12-6-5-7-19(22)24/h5-12,17H,4,13-14H2,1-3H3,(H,20,23). The zero-order valence-corrected chi connectivity index (χ0v) is 14.5. The lowest BCUT2D eigenvalue weighted by Crippen LogP contribution is -2.37. The van der Waals surface area contributed by atoms with Crippen LogP contribution in [0.5, 0.6) is 0 Å². The van der Waals surface area contributed by atoms with Crippen molar-refractivity contribution in [2.24, 2.45) is 0 Å². The fourth-order valence-corrected chi connectivity index (χ4v) is 2.59. The van der Waals surface area contributed by atoms with Gasteiger partial charge in [0.2, 0.25) is 5.91 Å². The molecule has 0 aliphatic heterocycles. The van der Waals surface area contributed by atoms with Gasteiger partial charge in [0.05, 0.1) is 6.04 Å². The Hall–Kier alpha value is -2.40. The number of likely N-dealkylation sites (N-methyl/N-ethyl adjacent to an activating group) is 1. The van der Waals surface area contributed by atoms with Crippen molar-refractivity contribution in [3.63, 3.8) is 0 Å². The minimum absolute atomic E-state index is 0.0363. The van der Waals surface area contributed by atoms with Gasteiger partial charge in [-0.15, -0.1) is 0 Å². The van der Waals surface area contributed by atoms with Crippen LogP contribution in [0.4, 0.5) is 0 Å². The molecule has 5 heteroatoms. The number of aromatic nitrogens is 1. The second kappa shape index (κ2) is 8.45. The van der Waals surface area contributed by atoms with Crippen LogP contribution < -0.4 is 10.9 Å². The third kappa shape index (κ3) is 4.80. The third-order valence-corrected chi connectivity index (χ3v) is 4.10. The Morgan fingerprint density at radius 1 is 1.17 bits per heavy atom. The predicted octanol–water partition coefficient (Wildman–Crippen LogP) is 1.83. The third-order valence-electron chi connectivity index (χ3n) is 4.10. The largest absolute Gasteiger partial charge is 0.353 e. The van der Waals surface area contributed by atoms with Crippen molar-refractivity contribution in [1.82, 2.24) is 14.8 Å². The van der Waals surface area contributed by atoms with Gasteiger partial charge in [0.1, 0.15) is 6.54 Å². The van der Waals surface area contributed by atoms with Crippen molar-refractivity contribution in [1.29, 1.82) is 0 Å². The van der Waals surface area contributed by atoms with Crippen LogP contribution in [0.15, 0.2) is 53.5 Å². The first-order chi connectivity index (χ1) is 11.5. The summed E-state index contributed by atoms with van der Waals surface area (Å²) < 4.78 is 1.40. The van der Waals surface area contributed by atoms with Crippen LogP contribution in [-0.4, -0.2) is 36.0 Å². The lowest BCUT2D eigenvalue weighted by molar-refractivity contribution is -0.121. The van der Waals surface area contributed by atoms with Crippen molar-refractivity contribution < 1.29 is 4.79 Å². The molecule has 1 N–H and O–H groups in total. The van der Waals surface area contributed by atoms with Gasteiger partial charge in [0, 0.05) is 18.8 Å². The van der Waals surface area contributed by atoms with Gasteiger partial charge in [-0.1, -0.05) is 37.3 Å². The zero-order valence-electron chi connectivity index (χ0n) is 14.5. The highest BCUT2D eigenvalue weighted by atomic mass is 16.2. The lowest BCUT2D eigenvalue weighted by Gasteiger charge is -2.25. The average molecular weight is 327 g/mol. The van der Waals surface area contributed by atoms with Crippen molar-refractivity contribution in [3.8, 4) is 0 Å². The van der Waals surface area contributed by atoms with Gasteiger partial charge in [0.15, 0.2) is 0 Å². The number of hydrogen-bond acceptors (Lipinski definition) is 3. The minimum Gasteiger partial charge on any atom is -0.353 e. The summed E-state index contributed by atoms with van der Waals surface area (Å²) in [6.45, 7) is 2.66. The molecule has 5 nitrogen and oxygen atoms in total. The highest BCUT2D eigenvalue weighted by molar-refractivity contribution is 5.75. The van der Waals surface area contributed by atoms with E-state index in [0.717, 1.165) is 12.0 Å². The highest BCUT2D eigenvalue weighted by Gasteiger charge is 2.15. The van der Waals surface area contributed by atoms with Crippen molar-refractivity contribution in [2.45, 2.75) is 25.9 Å². The number of amides is 1. The first-order valence-electron chi connectivity index (χ1n) is 8.18. The molecule has 0 saturated carbocycles. The molecule has 0 bridgehead atoms. The van der Waals surface area contributed by atoms with Gasteiger partial charge in [-0.25, -0.2) is 0 Å². The van der Waals surface area contributed by atoms with Crippen LogP contribution in [-0.2, 0) is 17.8 Å². The van der Waals surface area contributed by atoms with Crippen molar-refractivity contribution >= 4 is 5.91 Å². The van der Waals surface area contributed by atoms with Crippen LogP contribution in [0.25, 0.3) is 0 Å². The Bertz CT molecular complexity index is 720. The van der Waals surface area contributed by atoms with Crippen LogP contribution in [0, 0.1) is 0 Å². The molecule has 0 fully saturated rings. The summed E-state index contributed by atoms with van der Waals surface area (Å²) in [5.41, 5.74) is 2.28. The molecule has 0 saturated heterocycles. The zero-order chi connectivity index (χ0) is 17.5. The molecule has 1 heterocycles. The first-order valence-corrected chi connectivity index (χ1v) is 8.18. The van der Waals surface area contributed by atoms with E-state index < -0.39 is 0 Å². The Morgan fingerprint density at radius 2 is 1.88 bits per heavy atom. The predicted molar refractivity (Wildman–Crippen MR) is 96.0 cm³/mol. The molecular formula is C19H25N3O2. The number of carbonyl (C=O) groups excluding carboxylic acids is 1. The molecule has 128 valence electrons. The van der Waals surface area contributed by atoms with Crippen LogP contribution in [0.1, 0.15) is 24.1 Å². The van der Waals surface area contributed by atoms with Crippen LogP contribution in [0.2, 0.25) is 0 Å². The van der Waals surface area contributed by atoms with E-state index in [1.165, 1.54) is 16.2 Å². The second-order valence-corrected chi connectivity index (χ2v) is 6.05. The molecule has 1 amide bonds. The van der Waals surface area contributed by atoms with E-state index in [2.05, 4.69) is 41.4 Å². The van der Waals surface area contributed by atoms with E-state index in [4.69, 9.17) is 0 Å². The van der Waals surface area contributed by atoms with Crippen molar-refractivity contribution in [2.75, 3.05) is 20.6 Å². The summed E-state index contributed by atoms with van der Waals surface area (Å²) in [5, 5.41) is 2.93. The van der Waals surface area contributed by atoms with E-state index in [9.17, 15) is 9.59 Å². The Labute approximate surface area is 142 Å². The molecule has 0 radical (unpaired) electrons. The Morgan fingerprint density at radius 3 is 2.46 bits per heavy atom. The molecule has 1 atom stereocenters. The Kier molecular flexibility index (Phi) is 6.32. The molecule has 0 spiro atoms. The smallest absolute Gasteiger partial charge is 0.250 e. The van der Waals surface area contributed by atoms with Gasteiger partial charge < -0.3 is 14.8 Å². The van der Waals surface area contributed by atoms with Gasteiger partial charge in [-0.2, -0.15) is 0 Å². The molecule has 0 aliphatic rings. The normalized spacial score (nSPS) is 12.2. The molecule has 24 heavy (non-hydrogen) atoms. The molecular weight excluding hydrogens is 302 g/mol. The van der Waals surface area contributed by atoms with E-state index in [1.807, 2.05) is 14.1 Å². The molecule has 1 aromatic carbocycles. The molecule has 1 unspecified atom stereocenters. The summed E-state index contributed by atoms with van der Waals surface area (Å²) >= 11 is 0. The topological polar surface area (TPSA) is 54.3 Å². The maximum Gasteiger partial charge on any atom is 0.250 e. The van der Waals surface area contributed by atoms with E-state index in [0.29, 0.717) is 6.54 Å². The van der Waals surface area contributed by atoms with Gasteiger partial charge in [-0.3, -0.25) is 9.59 Å². The second-order valence-electron chi connectivity index (χ2n) is 6.05.